The van der Waals surface area contributed by atoms with Crippen LogP contribution < -0.4 is 5.32 Å². The minimum Gasteiger partial charge on any atom is -0.466 e. The van der Waals surface area contributed by atoms with Gasteiger partial charge >= 0.3 is 0 Å². The van der Waals surface area contributed by atoms with Crippen LogP contribution in [0.3, 0.4) is 0 Å². The maximum absolute atomic E-state index is 5.63. The average Bonchev–Trinajstić information content (AvgIpc) is 2.43. The lowest BCUT2D eigenvalue weighted by molar-refractivity contribution is 0.375. The first kappa shape index (κ1) is 14.3. The smallest absolute Gasteiger partial charge is 0.104 e. The van der Waals surface area contributed by atoms with E-state index < -0.39 is 0 Å². The summed E-state index contributed by atoms with van der Waals surface area (Å²) in [5.41, 5.74) is 1.70. The molecular formula is C15H27NO. The van der Waals surface area contributed by atoms with E-state index in [-0.39, 0.29) is 11.0 Å². The molecule has 1 rings (SSSR count). The van der Waals surface area contributed by atoms with E-state index >= 15 is 0 Å². The molecule has 0 saturated carbocycles. The van der Waals surface area contributed by atoms with Crippen LogP contribution in [0.4, 0.5) is 0 Å². The Morgan fingerprint density at radius 1 is 1.12 bits per heavy atom. The van der Waals surface area contributed by atoms with E-state index in [1.807, 2.05) is 6.92 Å². The van der Waals surface area contributed by atoms with E-state index in [1.165, 1.54) is 5.56 Å². The summed E-state index contributed by atoms with van der Waals surface area (Å²) in [6, 6.07) is 2.17. The fourth-order valence-corrected chi connectivity index (χ4v) is 2.19. The summed E-state index contributed by atoms with van der Waals surface area (Å²) in [6.07, 6.45) is 1.12. The molecule has 98 valence electrons. The normalized spacial score (nSPS) is 13.1. The van der Waals surface area contributed by atoms with Crippen molar-refractivity contribution in [2.45, 2.75) is 65.8 Å². The van der Waals surface area contributed by atoms with Crippen molar-refractivity contribution in [3.63, 3.8) is 0 Å². The van der Waals surface area contributed by atoms with Crippen molar-refractivity contribution in [1.29, 1.82) is 0 Å². The second-order valence-corrected chi connectivity index (χ2v) is 6.64. The highest BCUT2D eigenvalue weighted by atomic mass is 16.3. The third-order valence-corrected chi connectivity index (χ3v) is 3.18. The lowest BCUT2D eigenvalue weighted by Gasteiger charge is -2.27. The van der Waals surface area contributed by atoms with Crippen LogP contribution in [0.15, 0.2) is 10.5 Å². The van der Waals surface area contributed by atoms with Crippen molar-refractivity contribution in [3.05, 3.63) is 23.2 Å². The molecule has 0 saturated heterocycles. The zero-order valence-corrected chi connectivity index (χ0v) is 12.4. The molecule has 1 aromatic rings. The predicted molar refractivity (Wildman–Crippen MR) is 73.6 cm³/mol. The first-order chi connectivity index (χ1) is 7.62. The van der Waals surface area contributed by atoms with E-state index in [9.17, 15) is 0 Å². The van der Waals surface area contributed by atoms with Crippen LogP contribution >= 0.6 is 0 Å². The van der Waals surface area contributed by atoms with Crippen LogP contribution in [0.1, 0.15) is 58.1 Å². The van der Waals surface area contributed by atoms with Gasteiger partial charge in [-0.1, -0.05) is 13.8 Å². The first-order valence-corrected chi connectivity index (χ1v) is 6.44. The standard InChI is InChI=1S/C15H27NO/c1-11-10-13(12(2)17-11)15(6,7)8-9-16-14(3,4)5/h10,16H,8-9H2,1-7H3. The Kier molecular flexibility index (Phi) is 4.08. The zero-order chi connectivity index (χ0) is 13.3. The van der Waals surface area contributed by atoms with Gasteiger partial charge in [-0.05, 0) is 64.6 Å². The van der Waals surface area contributed by atoms with Gasteiger partial charge in [-0.15, -0.1) is 0 Å². The minimum absolute atomic E-state index is 0.167. The Balaban J connectivity index is 2.66. The molecule has 0 spiro atoms. The highest BCUT2D eigenvalue weighted by Gasteiger charge is 2.25. The molecule has 0 amide bonds. The lowest BCUT2D eigenvalue weighted by Crippen LogP contribution is -2.38. The van der Waals surface area contributed by atoms with Crippen LogP contribution in [-0.4, -0.2) is 12.1 Å². The van der Waals surface area contributed by atoms with Crippen LogP contribution in [0, 0.1) is 13.8 Å². The molecule has 0 aliphatic carbocycles. The molecule has 0 aliphatic heterocycles. The van der Waals surface area contributed by atoms with Gasteiger partial charge in [0.05, 0.1) is 0 Å². The van der Waals surface area contributed by atoms with E-state index in [1.54, 1.807) is 0 Å². The molecule has 2 heteroatoms. The molecule has 0 radical (unpaired) electrons. The molecule has 1 heterocycles. The number of nitrogens with one attached hydrogen (secondary N) is 1. The van der Waals surface area contributed by atoms with Gasteiger partial charge in [0.1, 0.15) is 11.5 Å². The van der Waals surface area contributed by atoms with Crippen molar-refractivity contribution in [1.82, 2.24) is 5.32 Å². The minimum atomic E-state index is 0.167. The molecule has 0 aromatic carbocycles. The van der Waals surface area contributed by atoms with Crippen LogP contribution in [-0.2, 0) is 5.41 Å². The number of aryl methyl sites for hydroxylation is 2. The molecule has 2 nitrogen and oxygen atoms in total. The molecule has 0 atom stereocenters. The average molecular weight is 237 g/mol. The Labute approximate surface area is 106 Å². The summed E-state index contributed by atoms with van der Waals surface area (Å²) in [5, 5.41) is 3.54. The summed E-state index contributed by atoms with van der Waals surface area (Å²) in [7, 11) is 0. The van der Waals surface area contributed by atoms with Gasteiger partial charge in [-0.25, -0.2) is 0 Å². The molecule has 0 unspecified atom stereocenters. The lowest BCUT2D eigenvalue weighted by atomic mass is 9.81. The first-order valence-electron chi connectivity index (χ1n) is 6.44. The Morgan fingerprint density at radius 2 is 1.71 bits per heavy atom. The Hall–Kier alpha value is -0.760. The summed E-state index contributed by atoms with van der Waals surface area (Å²) in [5.74, 6) is 2.07. The van der Waals surface area contributed by atoms with Gasteiger partial charge in [-0.2, -0.15) is 0 Å². The topological polar surface area (TPSA) is 25.2 Å². The molecule has 17 heavy (non-hydrogen) atoms. The summed E-state index contributed by atoms with van der Waals surface area (Å²) in [6.45, 7) is 16.3. The van der Waals surface area contributed by atoms with Gasteiger partial charge in [0, 0.05) is 5.54 Å². The van der Waals surface area contributed by atoms with Crippen molar-refractivity contribution >= 4 is 0 Å². The van der Waals surface area contributed by atoms with Gasteiger partial charge in [0.15, 0.2) is 0 Å². The Bertz CT molecular complexity index is 369. The van der Waals surface area contributed by atoms with Gasteiger partial charge in [-0.3, -0.25) is 0 Å². The van der Waals surface area contributed by atoms with Crippen molar-refractivity contribution in [2.24, 2.45) is 0 Å². The highest BCUT2D eigenvalue weighted by Crippen LogP contribution is 2.31. The second-order valence-electron chi connectivity index (χ2n) is 6.64. The summed E-state index contributed by atoms with van der Waals surface area (Å²) >= 11 is 0. The van der Waals surface area contributed by atoms with Gasteiger partial charge in [0.25, 0.3) is 0 Å². The van der Waals surface area contributed by atoms with Crippen LogP contribution in [0.5, 0.6) is 0 Å². The van der Waals surface area contributed by atoms with E-state index in [2.05, 4.69) is 52.9 Å². The summed E-state index contributed by atoms with van der Waals surface area (Å²) in [4.78, 5) is 0. The molecule has 1 N–H and O–H groups in total. The maximum Gasteiger partial charge on any atom is 0.104 e. The van der Waals surface area contributed by atoms with Crippen molar-refractivity contribution in [3.8, 4) is 0 Å². The fraction of sp³-hybridized carbons (Fsp3) is 0.733. The third-order valence-electron chi connectivity index (χ3n) is 3.18. The van der Waals surface area contributed by atoms with Crippen molar-refractivity contribution < 1.29 is 4.42 Å². The maximum atomic E-state index is 5.63. The van der Waals surface area contributed by atoms with Gasteiger partial charge < -0.3 is 9.73 Å². The predicted octanol–water partition coefficient (Wildman–Crippen LogP) is 3.95. The zero-order valence-electron chi connectivity index (χ0n) is 12.4. The van der Waals surface area contributed by atoms with Crippen LogP contribution in [0.25, 0.3) is 0 Å². The molecular weight excluding hydrogens is 210 g/mol. The highest BCUT2D eigenvalue weighted by molar-refractivity contribution is 5.28. The summed E-state index contributed by atoms with van der Waals surface area (Å²) < 4.78 is 5.63. The molecule has 1 aromatic heterocycles. The van der Waals surface area contributed by atoms with Crippen LogP contribution in [0.2, 0.25) is 0 Å². The second kappa shape index (κ2) is 4.85. The Morgan fingerprint density at radius 3 is 2.12 bits per heavy atom. The van der Waals surface area contributed by atoms with E-state index in [4.69, 9.17) is 4.42 Å². The largest absolute Gasteiger partial charge is 0.466 e. The van der Waals surface area contributed by atoms with E-state index in [0.717, 1.165) is 24.5 Å². The molecule has 0 fully saturated rings. The SMILES string of the molecule is Cc1cc(C(C)(C)CCNC(C)(C)C)c(C)o1. The number of rotatable bonds is 4. The molecule has 0 aliphatic rings. The van der Waals surface area contributed by atoms with E-state index in [0.29, 0.717) is 0 Å². The molecule has 0 bridgehead atoms. The number of hydrogen-bond donors (Lipinski definition) is 1. The number of furan rings is 1. The quantitative estimate of drug-likeness (QED) is 0.857. The fourth-order valence-electron chi connectivity index (χ4n) is 2.19. The third kappa shape index (κ3) is 4.19. The monoisotopic (exact) mass is 237 g/mol. The van der Waals surface area contributed by atoms with Gasteiger partial charge in [0.2, 0.25) is 0 Å². The van der Waals surface area contributed by atoms with Crippen molar-refractivity contribution in [2.75, 3.05) is 6.54 Å². The number of hydrogen-bond acceptors (Lipinski definition) is 2.